The first-order chi connectivity index (χ1) is 4.80. The van der Waals surface area contributed by atoms with Crippen molar-refractivity contribution in [3.05, 3.63) is 6.42 Å². The number of alkyl halides is 2. The SMILES string of the molecule is BrC1C[CH]CCCCC1Br. The van der Waals surface area contributed by atoms with Crippen LogP contribution < -0.4 is 0 Å². The zero-order valence-electron chi connectivity index (χ0n) is 6.02. The van der Waals surface area contributed by atoms with Crippen molar-refractivity contribution in [3.8, 4) is 0 Å². The van der Waals surface area contributed by atoms with Gasteiger partial charge in [-0.25, -0.2) is 0 Å². The molecular formula is C8H13Br2. The molecule has 0 spiro atoms. The molecule has 0 nitrogen and oxygen atoms in total. The van der Waals surface area contributed by atoms with Gasteiger partial charge in [-0.1, -0.05) is 51.1 Å². The fraction of sp³-hybridized carbons (Fsp3) is 0.875. The van der Waals surface area contributed by atoms with Gasteiger partial charge in [0.15, 0.2) is 0 Å². The van der Waals surface area contributed by atoms with Crippen LogP contribution >= 0.6 is 31.9 Å². The first-order valence-corrected chi connectivity index (χ1v) is 5.73. The van der Waals surface area contributed by atoms with Gasteiger partial charge in [0.1, 0.15) is 0 Å². The van der Waals surface area contributed by atoms with Crippen molar-refractivity contribution in [1.29, 1.82) is 0 Å². The topological polar surface area (TPSA) is 0 Å². The van der Waals surface area contributed by atoms with Crippen LogP contribution in [0.15, 0.2) is 0 Å². The molecular weight excluding hydrogens is 256 g/mol. The maximum atomic E-state index is 3.67. The number of halogens is 2. The molecule has 1 radical (unpaired) electrons. The van der Waals surface area contributed by atoms with E-state index in [1.165, 1.54) is 32.1 Å². The molecule has 0 aromatic rings. The molecule has 0 bridgehead atoms. The summed E-state index contributed by atoms with van der Waals surface area (Å²) < 4.78 is 0. The molecule has 2 heteroatoms. The zero-order chi connectivity index (χ0) is 7.40. The van der Waals surface area contributed by atoms with Crippen LogP contribution in [-0.4, -0.2) is 9.65 Å². The Labute approximate surface area is 80.0 Å². The lowest BCUT2D eigenvalue weighted by atomic mass is 10.0. The fourth-order valence-corrected chi connectivity index (χ4v) is 2.30. The molecule has 1 aliphatic carbocycles. The third kappa shape index (κ3) is 2.91. The Morgan fingerprint density at radius 1 is 1.10 bits per heavy atom. The highest BCUT2D eigenvalue weighted by molar-refractivity contribution is 9.12. The maximum Gasteiger partial charge on any atom is 0.0273 e. The third-order valence-corrected chi connectivity index (χ3v) is 4.74. The van der Waals surface area contributed by atoms with Crippen molar-refractivity contribution < 1.29 is 0 Å². The highest BCUT2D eigenvalue weighted by atomic mass is 79.9. The second kappa shape index (κ2) is 4.76. The number of hydrogen-bond donors (Lipinski definition) is 0. The summed E-state index contributed by atoms with van der Waals surface area (Å²) in [4.78, 5) is 1.34. The van der Waals surface area contributed by atoms with E-state index < -0.39 is 0 Å². The molecule has 59 valence electrons. The smallest absolute Gasteiger partial charge is 0.0273 e. The van der Waals surface area contributed by atoms with Crippen LogP contribution in [0.4, 0.5) is 0 Å². The fourth-order valence-electron chi connectivity index (χ4n) is 1.23. The van der Waals surface area contributed by atoms with Gasteiger partial charge in [-0.3, -0.25) is 0 Å². The van der Waals surface area contributed by atoms with Crippen LogP contribution in [0.1, 0.15) is 32.1 Å². The van der Waals surface area contributed by atoms with Gasteiger partial charge >= 0.3 is 0 Å². The van der Waals surface area contributed by atoms with Crippen LogP contribution in [0.3, 0.4) is 0 Å². The minimum Gasteiger partial charge on any atom is -0.0879 e. The van der Waals surface area contributed by atoms with E-state index in [1.54, 1.807) is 0 Å². The molecule has 0 heterocycles. The number of rotatable bonds is 0. The van der Waals surface area contributed by atoms with Gasteiger partial charge in [-0.05, 0) is 19.3 Å². The lowest BCUT2D eigenvalue weighted by Crippen LogP contribution is -2.15. The van der Waals surface area contributed by atoms with E-state index in [2.05, 4.69) is 38.3 Å². The van der Waals surface area contributed by atoms with Gasteiger partial charge in [-0.2, -0.15) is 0 Å². The quantitative estimate of drug-likeness (QED) is 0.588. The van der Waals surface area contributed by atoms with Crippen LogP contribution in [0.5, 0.6) is 0 Å². The van der Waals surface area contributed by atoms with Gasteiger partial charge < -0.3 is 0 Å². The molecule has 2 atom stereocenters. The first-order valence-electron chi connectivity index (χ1n) is 3.90. The Hall–Kier alpha value is 0.960. The van der Waals surface area contributed by atoms with Crippen molar-refractivity contribution >= 4 is 31.9 Å². The van der Waals surface area contributed by atoms with Crippen LogP contribution in [0.2, 0.25) is 0 Å². The van der Waals surface area contributed by atoms with Crippen molar-refractivity contribution in [3.63, 3.8) is 0 Å². The molecule has 1 fully saturated rings. The predicted molar refractivity (Wildman–Crippen MR) is 52.8 cm³/mol. The predicted octanol–water partition coefficient (Wildman–Crippen LogP) is 3.68. The summed E-state index contributed by atoms with van der Waals surface area (Å²) in [5.41, 5.74) is 0. The monoisotopic (exact) mass is 267 g/mol. The van der Waals surface area contributed by atoms with E-state index in [1.807, 2.05) is 0 Å². The third-order valence-electron chi connectivity index (χ3n) is 1.92. The summed E-state index contributed by atoms with van der Waals surface area (Å²) >= 11 is 7.33. The number of hydrogen-bond acceptors (Lipinski definition) is 0. The molecule has 0 N–H and O–H groups in total. The van der Waals surface area contributed by atoms with Gasteiger partial charge in [0.2, 0.25) is 0 Å². The molecule has 10 heavy (non-hydrogen) atoms. The molecule has 1 saturated carbocycles. The average Bonchev–Trinajstić information content (AvgIpc) is 1.92. The highest BCUT2D eigenvalue weighted by Crippen LogP contribution is 2.27. The lowest BCUT2D eigenvalue weighted by Gasteiger charge is -2.19. The second-order valence-electron chi connectivity index (χ2n) is 2.84. The van der Waals surface area contributed by atoms with Gasteiger partial charge in [0.05, 0.1) is 0 Å². The Morgan fingerprint density at radius 3 is 2.70 bits per heavy atom. The minimum absolute atomic E-state index is 0.660. The summed E-state index contributed by atoms with van der Waals surface area (Å²) in [6, 6.07) is 0. The van der Waals surface area contributed by atoms with Gasteiger partial charge in [0.25, 0.3) is 0 Å². The summed E-state index contributed by atoms with van der Waals surface area (Å²) in [7, 11) is 0. The average molecular weight is 269 g/mol. The summed E-state index contributed by atoms with van der Waals surface area (Å²) in [5, 5.41) is 0. The van der Waals surface area contributed by atoms with E-state index in [4.69, 9.17) is 0 Å². The minimum atomic E-state index is 0.660. The van der Waals surface area contributed by atoms with E-state index in [0.29, 0.717) is 9.65 Å². The van der Waals surface area contributed by atoms with Gasteiger partial charge in [0, 0.05) is 9.65 Å². The molecule has 0 aromatic heterocycles. The Morgan fingerprint density at radius 2 is 1.90 bits per heavy atom. The highest BCUT2D eigenvalue weighted by Gasteiger charge is 2.16. The van der Waals surface area contributed by atoms with Crippen molar-refractivity contribution in [2.75, 3.05) is 0 Å². The van der Waals surface area contributed by atoms with Crippen molar-refractivity contribution in [2.24, 2.45) is 0 Å². The van der Waals surface area contributed by atoms with Crippen LogP contribution in [0.25, 0.3) is 0 Å². The molecule has 1 rings (SSSR count). The van der Waals surface area contributed by atoms with Crippen molar-refractivity contribution in [1.82, 2.24) is 0 Å². The normalized spacial score (nSPS) is 36.6. The molecule has 0 aliphatic heterocycles. The van der Waals surface area contributed by atoms with E-state index >= 15 is 0 Å². The van der Waals surface area contributed by atoms with E-state index in [-0.39, 0.29) is 0 Å². The van der Waals surface area contributed by atoms with Crippen LogP contribution in [0, 0.1) is 6.42 Å². The standard InChI is InChI=1S/C8H13Br2/c9-7-5-3-1-2-4-6-8(7)10/h3,7-8H,1-2,4-6H2. The largest absolute Gasteiger partial charge is 0.0879 e. The van der Waals surface area contributed by atoms with Crippen molar-refractivity contribution in [2.45, 2.75) is 41.8 Å². The Kier molecular flexibility index (Phi) is 4.31. The Bertz CT molecular complexity index is 81.3. The molecule has 0 saturated heterocycles. The van der Waals surface area contributed by atoms with Gasteiger partial charge in [-0.15, -0.1) is 0 Å². The molecule has 0 aromatic carbocycles. The molecule has 1 aliphatic rings. The van der Waals surface area contributed by atoms with E-state index in [0.717, 1.165) is 0 Å². The summed E-state index contributed by atoms with van der Waals surface area (Å²) in [6.07, 6.45) is 8.99. The summed E-state index contributed by atoms with van der Waals surface area (Å²) in [5.74, 6) is 0. The Balaban J connectivity index is 2.28. The zero-order valence-corrected chi connectivity index (χ0v) is 9.20. The first kappa shape index (κ1) is 9.05. The maximum absolute atomic E-state index is 3.67. The molecule has 0 amide bonds. The second-order valence-corrected chi connectivity index (χ2v) is 5.19. The summed E-state index contributed by atoms with van der Waals surface area (Å²) in [6.45, 7) is 0. The lowest BCUT2D eigenvalue weighted by molar-refractivity contribution is 0.594. The molecule has 2 unspecified atom stereocenters. The van der Waals surface area contributed by atoms with Crippen LogP contribution in [-0.2, 0) is 0 Å². The van der Waals surface area contributed by atoms with E-state index in [9.17, 15) is 0 Å².